The van der Waals surface area contributed by atoms with Crippen molar-refractivity contribution in [1.82, 2.24) is 0 Å². The summed E-state index contributed by atoms with van der Waals surface area (Å²) in [7, 11) is 0. The minimum absolute atomic E-state index is 1.08. The minimum Gasteiger partial charge on any atom is -0.311 e. The Labute approximate surface area is 445 Å². The van der Waals surface area contributed by atoms with Crippen LogP contribution in [0.25, 0.3) is 88.3 Å². The Balaban J connectivity index is 0.786. The minimum atomic E-state index is 1.08. The zero-order valence-corrected chi connectivity index (χ0v) is 41.9. The van der Waals surface area contributed by atoms with Crippen LogP contribution >= 0.6 is 0 Å². The molecular formula is C74H52N2. The van der Waals surface area contributed by atoms with Gasteiger partial charge in [0.1, 0.15) is 0 Å². The third-order valence-corrected chi connectivity index (χ3v) is 14.6. The molecule has 2 heteroatoms. The van der Waals surface area contributed by atoms with Gasteiger partial charge in [0.25, 0.3) is 0 Å². The number of fused-ring (bicyclic) bond motifs is 2. The van der Waals surface area contributed by atoms with Gasteiger partial charge in [0.2, 0.25) is 0 Å². The van der Waals surface area contributed by atoms with Crippen LogP contribution in [-0.4, -0.2) is 0 Å². The van der Waals surface area contributed by atoms with Crippen LogP contribution in [0.3, 0.4) is 0 Å². The van der Waals surface area contributed by atoms with Crippen LogP contribution in [0.5, 0.6) is 0 Å². The van der Waals surface area contributed by atoms with Crippen molar-refractivity contribution >= 4 is 55.7 Å². The molecule has 0 aliphatic heterocycles. The first-order valence-corrected chi connectivity index (χ1v) is 26.0. The van der Waals surface area contributed by atoms with E-state index in [1.54, 1.807) is 0 Å². The van der Waals surface area contributed by atoms with Gasteiger partial charge in [-0.2, -0.15) is 0 Å². The van der Waals surface area contributed by atoms with E-state index >= 15 is 0 Å². The molecule has 2 nitrogen and oxygen atoms in total. The molecule has 0 amide bonds. The molecule has 0 saturated heterocycles. The highest BCUT2D eigenvalue weighted by Crippen LogP contribution is 2.41. The van der Waals surface area contributed by atoms with Gasteiger partial charge >= 0.3 is 0 Å². The molecule has 13 rings (SSSR count). The van der Waals surface area contributed by atoms with Gasteiger partial charge < -0.3 is 9.80 Å². The molecule has 0 bridgehead atoms. The van der Waals surface area contributed by atoms with E-state index in [2.05, 4.69) is 325 Å². The van der Waals surface area contributed by atoms with Crippen LogP contribution in [0, 0.1) is 0 Å². The van der Waals surface area contributed by atoms with Gasteiger partial charge in [0, 0.05) is 34.1 Å². The van der Waals surface area contributed by atoms with E-state index in [1.807, 2.05) is 0 Å². The van der Waals surface area contributed by atoms with E-state index < -0.39 is 0 Å². The van der Waals surface area contributed by atoms with Gasteiger partial charge in [-0.15, -0.1) is 0 Å². The molecule has 0 saturated carbocycles. The van der Waals surface area contributed by atoms with Crippen molar-refractivity contribution in [3.05, 3.63) is 315 Å². The molecule has 0 heterocycles. The molecule has 0 aliphatic carbocycles. The molecule has 0 spiro atoms. The molecule has 76 heavy (non-hydrogen) atoms. The Kier molecular flexibility index (Phi) is 12.3. The van der Waals surface area contributed by atoms with Crippen LogP contribution in [-0.2, 0) is 0 Å². The van der Waals surface area contributed by atoms with Crippen LogP contribution in [0.15, 0.2) is 315 Å². The van der Waals surface area contributed by atoms with Crippen LogP contribution in [0.4, 0.5) is 34.1 Å². The van der Waals surface area contributed by atoms with E-state index in [1.165, 1.54) is 82.7 Å². The number of nitrogens with zero attached hydrogens (tertiary/aromatic N) is 2. The second-order valence-corrected chi connectivity index (χ2v) is 19.4. The van der Waals surface area contributed by atoms with Gasteiger partial charge in [-0.1, -0.05) is 231 Å². The lowest BCUT2D eigenvalue weighted by Gasteiger charge is -2.26. The monoisotopic (exact) mass is 968 g/mol. The second kappa shape index (κ2) is 20.5. The Bertz CT molecular complexity index is 3900. The van der Waals surface area contributed by atoms with Gasteiger partial charge in [0.05, 0.1) is 0 Å². The standard InChI is InChI=1S/C74H52N2/c1-3-13-53(14-4-1)63-21-11-23-65(49-63)61-33-43-70(44-34-61)75(71-45-35-62(36-46-71)66-24-12-22-64(50-66)54-15-5-2-6-16-54)69-39-29-59(30-40-69)57-25-27-58(28-26-57)60-31-41-72(42-32-60)76(73-47-37-55-17-7-9-19-67(55)51-73)74-48-38-56-18-8-10-20-68(56)52-74/h1-52H. The Morgan fingerprint density at radius 2 is 0.355 bits per heavy atom. The third kappa shape index (κ3) is 9.44. The average molecular weight is 969 g/mol. The second-order valence-electron chi connectivity index (χ2n) is 19.4. The lowest BCUT2D eigenvalue weighted by Crippen LogP contribution is -2.09. The number of benzene rings is 13. The molecule has 13 aromatic rings. The maximum Gasteiger partial charge on any atom is 0.0468 e. The first-order valence-electron chi connectivity index (χ1n) is 26.0. The van der Waals surface area contributed by atoms with Crippen molar-refractivity contribution in [2.75, 3.05) is 9.80 Å². The summed E-state index contributed by atoms with van der Waals surface area (Å²) in [6, 6.07) is 114. The highest BCUT2D eigenvalue weighted by molar-refractivity contribution is 5.93. The molecule has 0 atom stereocenters. The summed E-state index contributed by atoms with van der Waals surface area (Å²) in [6.45, 7) is 0. The summed E-state index contributed by atoms with van der Waals surface area (Å²) in [5, 5.41) is 4.89. The van der Waals surface area contributed by atoms with Crippen LogP contribution in [0.2, 0.25) is 0 Å². The van der Waals surface area contributed by atoms with Crippen molar-refractivity contribution in [2.45, 2.75) is 0 Å². The lowest BCUT2D eigenvalue weighted by atomic mass is 9.98. The summed E-state index contributed by atoms with van der Waals surface area (Å²) < 4.78 is 0. The normalized spacial score (nSPS) is 11.2. The van der Waals surface area contributed by atoms with Crippen molar-refractivity contribution in [3.8, 4) is 66.8 Å². The van der Waals surface area contributed by atoms with Crippen molar-refractivity contribution in [1.29, 1.82) is 0 Å². The number of hydrogen-bond donors (Lipinski definition) is 0. The van der Waals surface area contributed by atoms with Crippen molar-refractivity contribution in [2.24, 2.45) is 0 Å². The lowest BCUT2D eigenvalue weighted by molar-refractivity contribution is 1.28. The Morgan fingerprint density at radius 3 is 0.684 bits per heavy atom. The SMILES string of the molecule is c1ccc(-c2cccc(-c3ccc(N(c4ccc(-c5ccc(-c6ccc(N(c7ccc8ccccc8c7)c7ccc8ccccc8c7)cc6)cc5)cc4)c4ccc(-c5cccc(-c6ccccc6)c5)cc4)cc3)c2)cc1. The van der Waals surface area contributed by atoms with E-state index in [4.69, 9.17) is 0 Å². The molecule has 0 N–H and O–H groups in total. The molecule has 0 fully saturated rings. The quantitative estimate of drug-likeness (QED) is 0.120. The van der Waals surface area contributed by atoms with Gasteiger partial charge in [-0.05, 0) is 173 Å². The Hall–Kier alpha value is -10.0. The largest absolute Gasteiger partial charge is 0.311 e. The molecule has 358 valence electrons. The smallest absolute Gasteiger partial charge is 0.0468 e. The summed E-state index contributed by atoms with van der Waals surface area (Å²) in [5.41, 5.74) is 20.8. The molecule has 0 aromatic heterocycles. The zero-order valence-electron chi connectivity index (χ0n) is 41.9. The average Bonchev–Trinajstić information content (AvgIpc) is 3.52. The van der Waals surface area contributed by atoms with E-state index in [-0.39, 0.29) is 0 Å². The van der Waals surface area contributed by atoms with Crippen LogP contribution in [0.1, 0.15) is 0 Å². The highest BCUT2D eigenvalue weighted by Gasteiger charge is 2.17. The van der Waals surface area contributed by atoms with Crippen molar-refractivity contribution in [3.63, 3.8) is 0 Å². The van der Waals surface area contributed by atoms with E-state index in [0.717, 1.165) is 39.7 Å². The zero-order chi connectivity index (χ0) is 50.6. The fraction of sp³-hybridized carbons (Fsp3) is 0. The fourth-order valence-electron chi connectivity index (χ4n) is 10.6. The van der Waals surface area contributed by atoms with Crippen molar-refractivity contribution < 1.29 is 0 Å². The first-order chi connectivity index (χ1) is 37.6. The molecule has 0 unspecified atom stereocenters. The predicted molar refractivity (Wildman–Crippen MR) is 323 cm³/mol. The maximum atomic E-state index is 2.36. The Morgan fingerprint density at radius 1 is 0.132 bits per heavy atom. The summed E-state index contributed by atoms with van der Waals surface area (Å²) in [6.07, 6.45) is 0. The third-order valence-electron chi connectivity index (χ3n) is 14.6. The summed E-state index contributed by atoms with van der Waals surface area (Å²) in [5.74, 6) is 0. The highest BCUT2D eigenvalue weighted by atomic mass is 15.1. The molecule has 13 aromatic carbocycles. The molecule has 0 aliphatic rings. The fourth-order valence-corrected chi connectivity index (χ4v) is 10.6. The predicted octanol–water partition coefficient (Wildman–Crippen LogP) is 20.9. The number of rotatable bonds is 12. The van der Waals surface area contributed by atoms with E-state index in [9.17, 15) is 0 Å². The van der Waals surface area contributed by atoms with Gasteiger partial charge in [0.15, 0.2) is 0 Å². The molecule has 0 radical (unpaired) electrons. The summed E-state index contributed by atoms with van der Waals surface area (Å²) >= 11 is 0. The topological polar surface area (TPSA) is 6.48 Å². The van der Waals surface area contributed by atoms with E-state index in [0.29, 0.717) is 0 Å². The molecular weight excluding hydrogens is 917 g/mol. The maximum absolute atomic E-state index is 2.36. The van der Waals surface area contributed by atoms with Gasteiger partial charge in [-0.3, -0.25) is 0 Å². The summed E-state index contributed by atoms with van der Waals surface area (Å²) in [4.78, 5) is 4.71. The van der Waals surface area contributed by atoms with Gasteiger partial charge in [-0.25, -0.2) is 0 Å². The number of anilines is 6. The number of hydrogen-bond acceptors (Lipinski definition) is 2. The van der Waals surface area contributed by atoms with Crippen LogP contribution < -0.4 is 9.80 Å². The first kappa shape index (κ1) is 45.8.